The zero-order chi connectivity index (χ0) is 21.2. The third kappa shape index (κ3) is 6.59. The molecule has 0 radical (unpaired) electrons. The number of terminal acetylenes is 1. The average molecular weight is 402 g/mol. The standard InChI is InChI=1S/C21H26N2O6/c1-2-8-16(18(24)20(26)23-28)19(25)22-17(13-14-9-4-3-5-10-14)21(27)29-15-11-6-7-12-15/h1,3-5,9-10,15-18,24,28H,6-8,11-13H2,(H,22,25)(H,23,26)/t16-,17?,18?/m1/s1. The van der Waals surface area contributed by atoms with Crippen molar-refractivity contribution in [2.75, 3.05) is 0 Å². The molecule has 1 fully saturated rings. The molecule has 0 spiro atoms. The predicted octanol–water partition coefficient (Wildman–Crippen LogP) is 0.706. The van der Waals surface area contributed by atoms with Crippen molar-refractivity contribution in [3.8, 4) is 12.3 Å². The van der Waals surface area contributed by atoms with Crippen molar-refractivity contribution in [3.05, 3.63) is 35.9 Å². The summed E-state index contributed by atoms with van der Waals surface area (Å²) in [6, 6.07) is 8.08. The van der Waals surface area contributed by atoms with Gasteiger partial charge < -0.3 is 15.2 Å². The molecule has 8 nitrogen and oxygen atoms in total. The Hall–Kier alpha value is -2.89. The number of hydrogen-bond acceptors (Lipinski definition) is 6. The Bertz CT molecular complexity index is 739. The molecule has 2 rings (SSSR count). The molecule has 2 amide bonds. The van der Waals surface area contributed by atoms with Gasteiger partial charge in [0, 0.05) is 12.8 Å². The maximum atomic E-state index is 12.7. The van der Waals surface area contributed by atoms with E-state index in [4.69, 9.17) is 16.4 Å². The lowest BCUT2D eigenvalue weighted by Crippen LogP contribution is -2.51. The fraction of sp³-hybridized carbons (Fsp3) is 0.476. The normalized spacial score (nSPS) is 16.9. The number of nitrogens with one attached hydrogen (secondary N) is 2. The predicted molar refractivity (Wildman–Crippen MR) is 103 cm³/mol. The highest BCUT2D eigenvalue weighted by Crippen LogP contribution is 2.22. The molecule has 0 aromatic heterocycles. The van der Waals surface area contributed by atoms with Crippen LogP contribution in [0.15, 0.2) is 30.3 Å². The summed E-state index contributed by atoms with van der Waals surface area (Å²) >= 11 is 0. The minimum atomic E-state index is -1.86. The monoisotopic (exact) mass is 402 g/mol. The van der Waals surface area contributed by atoms with Crippen molar-refractivity contribution in [1.29, 1.82) is 0 Å². The minimum Gasteiger partial charge on any atom is -0.461 e. The van der Waals surface area contributed by atoms with Crippen LogP contribution in [0.3, 0.4) is 0 Å². The van der Waals surface area contributed by atoms with Gasteiger partial charge >= 0.3 is 5.97 Å². The maximum Gasteiger partial charge on any atom is 0.329 e. The summed E-state index contributed by atoms with van der Waals surface area (Å²) in [5, 5.41) is 21.3. The molecule has 4 N–H and O–H groups in total. The van der Waals surface area contributed by atoms with Crippen LogP contribution in [0.5, 0.6) is 0 Å². The van der Waals surface area contributed by atoms with E-state index in [0.717, 1.165) is 31.2 Å². The summed E-state index contributed by atoms with van der Waals surface area (Å²) in [6.07, 6.45) is 6.68. The van der Waals surface area contributed by atoms with Gasteiger partial charge in [0.15, 0.2) is 0 Å². The van der Waals surface area contributed by atoms with E-state index >= 15 is 0 Å². The fourth-order valence-electron chi connectivity index (χ4n) is 3.30. The number of esters is 1. The lowest BCUT2D eigenvalue weighted by atomic mass is 9.96. The van der Waals surface area contributed by atoms with Gasteiger partial charge in [0.2, 0.25) is 5.91 Å². The Morgan fingerprint density at radius 3 is 2.41 bits per heavy atom. The zero-order valence-electron chi connectivity index (χ0n) is 16.0. The number of carbonyl (C=O) groups is 3. The van der Waals surface area contributed by atoms with Crippen LogP contribution in [-0.4, -0.2) is 46.3 Å². The van der Waals surface area contributed by atoms with Crippen molar-refractivity contribution in [3.63, 3.8) is 0 Å². The number of rotatable bonds is 9. The molecule has 1 aromatic rings. The fourth-order valence-corrected chi connectivity index (χ4v) is 3.30. The van der Waals surface area contributed by atoms with Crippen LogP contribution in [0.25, 0.3) is 0 Å². The number of ether oxygens (including phenoxy) is 1. The number of benzene rings is 1. The summed E-state index contributed by atoms with van der Waals surface area (Å²) in [7, 11) is 0. The van der Waals surface area contributed by atoms with Crippen LogP contribution >= 0.6 is 0 Å². The first-order chi connectivity index (χ1) is 14.0. The van der Waals surface area contributed by atoms with Gasteiger partial charge in [-0.3, -0.25) is 14.8 Å². The molecule has 1 aromatic carbocycles. The van der Waals surface area contributed by atoms with Gasteiger partial charge in [-0.15, -0.1) is 12.3 Å². The second-order valence-corrected chi connectivity index (χ2v) is 7.03. The molecule has 29 heavy (non-hydrogen) atoms. The van der Waals surface area contributed by atoms with Gasteiger partial charge in [0.25, 0.3) is 5.91 Å². The third-order valence-corrected chi connectivity index (χ3v) is 4.90. The van der Waals surface area contributed by atoms with Gasteiger partial charge in [-0.25, -0.2) is 10.3 Å². The number of aliphatic hydroxyl groups excluding tert-OH is 1. The summed E-state index contributed by atoms with van der Waals surface area (Å²) in [5.74, 6) is -1.62. The van der Waals surface area contributed by atoms with Crippen LogP contribution in [0, 0.1) is 18.3 Å². The molecule has 1 aliphatic rings. The quantitative estimate of drug-likeness (QED) is 0.209. The average Bonchev–Trinajstić information content (AvgIpc) is 3.24. The molecule has 0 saturated heterocycles. The Labute approximate surface area is 169 Å². The van der Waals surface area contributed by atoms with E-state index in [-0.39, 0.29) is 18.9 Å². The van der Waals surface area contributed by atoms with Crippen LogP contribution < -0.4 is 10.8 Å². The van der Waals surface area contributed by atoms with Gasteiger partial charge in [-0.05, 0) is 31.2 Å². The number of aliphatic hydroxyl groups is 1. The summed E-state index contributed by atoms with van der Waals surface area (Å²) in [6.45, 7) is 0. The van der Waals surface area contributed by atoms with E-state index in [1.807, 2.05) is 30.3 Å². The van der Waals surface area contributed by atoms with Crippen molar-refractivity contribution in [1.82, 2.24) is 10.8 Å². The van der Waals surface area contributed by atoms with E-state index in [1.165, 1.54) is 5.48 Å². The zero-order valence-corrected chi connectivity index (χ0v) is 16.0. The van der Waals surface area contributed by atoms with Crippen LogP contribution in [0.1, 0.15) is 37.7 Å². The first kappa shape index (κ1) is 22.4. The van der Waals surface area contributed by atoms with Crippen molar-refractivity contribution < 1.29 is 29.4 Å². The van der Waals surface area contributed by atoms with Gasteiger partial charge in [0.1, 0.15) is 18.2 Å². The van der Waals surface area contributed by atoms with E-state index < -0.39 is 35.8 Å². The molecule has 2 unspecified atom stereocenters. The van der Waals surface area contributed by atoms with E-state index in [1.54, 1.807) is 0 Å². The second-order valence-electron chi connectivity index (χ2n) is 7.03. The van der Waals surface area contributed by atoms with E-state index in [2.05, 4.69) is 11.2 Å². The lowest BCUT2D eigenvalue weighted by Gasteiger charge is -2.24. The number of amides is 2. The maximum absolute atomic E-state index is 12.7. The van der Waals surface area contributed by atoms with Crippen LogP contribution in [0.2, 0.25) is 0 Å². The molecule has 0 heterocycles. The first-order valence-electron chi connectivity index (χ1n) is 9.56. The van der Waals surface area contributed by atoms with Crippen LogP contribution in [0.4, 0.5) is 0 Å². The summed E-state index contributed by atoms with van der Waals surface area (Å²) in [4.78, 5) is 36.9. The molecule has 0 bridgehead atoms. The highest BCUT2D eigenvalue weighted by Gasteiger charge is 2.35. The number of hydroxylamine groups is 1. The molecule has 8 heteroatoms. The molecule has 3 atom stereocenters. The lowest BCUT2D eigenvalue weighted by molar-refractivity contribution is -0.154. The molecule has 156 valence electrons. The van der Waals surface area contributed by atoms with Crippen molar-refractivity contribution in [2.24, 2.45) is 5.92 Å². The van der Waals surface area contributed by atoms with E-state index in [9.17, 15) is 19.5 Å². The molecular formula is C21H26N2O6. The number of hydrogen-bond donors (Lipinski definition) is 4. The van der Waals surface area contributed by atoms with Gasteiger partial charge in [0.05, 0.1) is 5.92 Å². The van der Waals surface area contributed by atoms with Crippen molar-refractivity contribution in [2.45, 2.75) is 56.8 Å². The highest BCUT2D eigenvalue weighted by molar-refractivity contribution is 5.91. The van der Waals surface area contributed by atoms with Gasteiger partial charge in [-0.1, -0.05) is 30.3 Å². The summed E-state index contributed by atoms with van der Waals surface area (Å²) < 4.78 is 5.54. The number of carbonyl (C=O) groups excluding carboxylic acids is 3. The Morgan fingerprint density at radius 2 is 1.83 bits per heavy atom. The SMILES string of the molecule is C#CC[C@@H](C(=O)NC(Cc1ccccc1)C(=O)OC1CCCC1)C(O)C(=O)NO. The molecule has 0 aliphatic heterocycles. The largest absolute Gasteiger partial charge is 0.461 e. The van der Waals surface area contributed by atoms with E-state index in [0.29, 0.717) is 0 Å². The second kappa shape index (κ2) is 11.2. The Balaban J connectivity index is 2.15. The summed E-state index contributed by atoms with van der Waals surface area (Å²) in [5.41, 5.74) is 2.10. The topological polar surface area (TPSA) is 125 Å². The molecular weight excluding hydrogens is 376 g/mol. The Morgan fingerprint density at radius 1 is 1.17 bits per heavy atom. The third-order valence-electron chi connectivity index (χ3n) is 4.90. The van der Waals surface area contributed by atoms with Crippen molar-refractivity contribution >= 4 is 17.8 Å². The highest BCUT2D eigenvalue weighted by atomic mass is 16.5. The van der Waals surface area contributed by atoms with Crippen LogP contribution in [-0.2, 0) is 25.5 Å². The minimum absolute atomic E-state index is 0.176. The molecule has 1 aliphatic carbocycles. The first-order valence-corrected chi connectivity index (χ1v) is 9.56. The van der Waals surface area contributed by atoms with Gasteiger partial charge in [-0.2, -0.15) is 0 Å². The molecule has 1 saturated carbocycles. The Kier molecular flexibility index (Phi) is 8.65. The smallest absolute Gasteiger partial charge is 0.329 e.